The van der Waals surface area contributed by atoms with Crippen molar-refractivity contribution in [3.05, 3.63) is 42.4 Å². The van der Waals surface area contributed by atoms with E-state index in [1.54, 1.807) is 24.5 Å². The highest BCUT2D eigenvalue weighted by atomic mass is 32.2. The van der Waals surface area contributed by atoms with E-state index in [0.717, 1.165) is 5.69 Å². The Bertz CT molecular complexity index is 696. The number of thioether (sulfide) groups is 1. The number of aromatic nitrogens is 2. The molecular formula is C14H13N5OS. The first-order chi connectivity index (χ1) is 10.2. The zero-order valence-corrected chi connectivity index (χ0v) is 12.4. The molecule has 106 valence electrons. The molecule has 1 aromatic carbocycles. The van der Waals surface area contributed by atoms with Gasteiger partial charge in [0.15, 0.2) is 11.4 Å². The van der Waals surface area contributed by atoms with Crippen molar-refractivity contribution in [1.82, 2.24) is 15.3 Å². The first-order valence-electron chi connectivity index (χ1n) is 6.05. The van der Waals surface area contributed by atoms with Gasteiger partial charge in [-0.15, -0.1) is 0 Å². The number of nitriles is 1. The number of ether oxygens (including phenoxy) is 1. The number of aliphatic imine (C=N–C) groups is 1. The van der Waals surface area contributed by atoms with Crippen LogP contribution in [0.5, 0.6) is 11.6 Å². The fraction of sp³-hybridized carbons (Fsp3) is 0.143. The summed E-state index contributed by atoms with van der Waals surface area (Å²) < 4.78 is 5.64. The summed E-state index contributed by atoms with van der Waals surface area (Å²) in [5.41, 5.74) is 1.46. The molecule has 1 heterocycles. The summed E-state index contributed by atoms with van der Waals surface area (Å²) in [5.74, 6) is 1.03. The molecule has 0 amide bonds. The molecule has 2 aromatic rings. The molecule has 2 rings (SSSR count). The first kappa shape index (κ1) is 14.8. The molecule has 6 nitrogen and oxygen atoms in total. The minimum absolute atomic E-state index is 0.427. The average molecular weight is 299 g/mol. The third-order valence-corrected chi connectivity index (χ3v) is 2.94. The predicted molar refractivity (Wildman–Crippen MR) is 82.6 cm³/mol. The highest BCUT2D eigenvalue weighted by Gasteiger charge is 2.02. The van der Waals surface area contributed by atoms with Gasteiger partial charge >= 0.3 is 0 Å². The zero-order valence-electron chi connectivity index (χ0n) is 11.6. The van der Waals surface area contributed by atoms with Crippen molar-refractivity contribution in [2.75, 3.05) is 6.26 Å². The number of aryl methyl sites for hydroxylation is 1. The molecule has 0 saturated carbocycles. The fourth-order valence-electron chi connectivity index (χ4n) is 1.52. The molecule has 21 heavy (non-hydrogen) atoms. The summed E-state index contributed by atoms with van der Waals surface area (Å²) >= 11 is 1.35. The molecule has 0 unspecified atom stereocenters. The Labute approximate surface area is 126 Å². The lowest BCUT2D eigenvalue weighted by molar-refractivity contribution is 0.459. The van der Waals surface area contributed by atoms with E-state index in [4.69, 9.17) is 10.00 Å². The standard InChI is InChI=1S/C14H13N5OS/c1-10-7-16-8-13(18-10)20-12-5-3-4-11(6-12)19-14(21-2)17-9-15/h3-8H,1-2H3,(H,17,19). The molecule has 1 aromatic heterocycles. The van der Waals surface area contributed by atoms with Gasteiger partial charge in [-0.2, -0.15) is 5.26 Å². The van der Waals surface area contributed by atoms with E-state index >= 15 is 0 Å². The van der Waals surface area contributed by atoms with Crippen LogP contribution >= 0.6 is 11.8 Å². The van der Waals surface area contributed by atoms with Gasteiger partial charge in [0, 0.05) is 12.3 Å². The summed E-state index contributed by atoms with van der Waals surface area (Å²) in [6, 6.07) is 7.21. The van der Waals surface area contributed by atoms with Crippen LogP contribution in [0.1, 0.15) is 5.69 Å². The Morgan fingerprint density at radius 1 is 1.43 bits per heavy atom. The predicted octanol–water partition coefficient (Wildman–Crippen LogP) is 3.00. The number of benzene rings is 1. The summed E-state index contributed by atoms with van der Waals surface area (Å²) in [7, 11) is 0. The van der Waals surface area contributed by atoms with Crippen LogP contribution in [-0.2, 0) is 0 Å². The second kappa shape index (κ2) is 7.26. The van der Waals surface area contributed by atoms with Crippen molar-refractivity contribution in [3.63, 3.8) is 0 Å². The Morgan fingerprint density at radius 2 is 2.29 bits per heavy atom. The minimum Gasteiger partial charge on any atom is -0.437 e. The number of amidine groups is 1. The molecule has 0 spiro atoms. The number of nitrogens with zero attached hydrogens (tertiary/aromatic N) is 4. The van der Waals surface area contributed by atoms with Gasteiger partial charge in [-0.25, -0.2) is 9.98 Å². The molecule has 7 heteroatoms. The first-order valence-corrected chi connectivity index (χ1v) is 7.28. The maximum absolute atomic E-state index is 8.63. The van der Waals surface area contributed by atoms with Crippen LogP contribution < -0.4 is 10.1 Å². The Kier molecular flexibility index (Phi) is 5.12. The lowest BCUT2D eigenvalue weighted by atomic mass is 10.3. The molecule has 0 saturated heterocycles. The van der Waals surface area contributed by atoms with E-state index < -0.39 is 0 Å². The van der Waals surface area contributed by atoms with Crippen LogP contribution in [0.25, 0.3) is 0 Å². The number of hydrogen-bond acceptors (Lipinski definition) is 6. The van der Waals surface area contributed by atoms with Crippen LogP contribution in [-0.4, -0.2) is 21.4 Å². The SMILES string of the molecule is CSC(=Nc1cccc(Oc2cncc(C)n2)c1)NC#N. The minimum atomic E-state index is 0.427. The highest BCUT2D eigenvalue weighted by Crippen LogP contribution is 2.24. The molecule has 1 N–H and O–H groups in total. The van der Waals surface area contributed by atoms with E-state index in [-0.39, 0.29) is 0 Å². The summed E-state index contributed by atoms with van der Waals surface area (Å²) in [6.45, 7) is 1.85. The van der Waals surface area contributed by atoms with Gasteiger partial charge < -0.3 is 4.74 Å². The number of nitrogens with one attached hydrogen (secondary N) is 1. The van der Waals surface area contributed by atoms with Gasteiger partial charge in [0.25, 0.3) is 0 Å². The van der Waals surface area contributed by atoms with Crippen LogP contribution in [0.2, 0.25) is 0 Å². The summed E-state index contributed by atoms with van der Waals surface area (Å²) in [6.07, 6.45) is 6.90. The monoisotopic (exact) mass is 299 g/mol. The highest BCUT2D eigenvalue weighted by molar-refractivity contribution is 8.13. The van der Waals surface area contributed by atoms with E-state index in [9.17, 15) is 0 Å². The molecular weight excluding hydrogens is 286 g/mol. The third kappa shape index (κ3) is 4.47. The van der Waals surface area contributed by atoms with Gasteiger partial charge in [-0.05, 0) is 25.3 Å². The number of rotatable bonds is 3. The zero-order chi connectivity index (χ0) is 15.1. The lowest BCUT2D eigenvalue weighted by Gasteiger charge is -2.06. The smallest absolute Gasteiger partial charge is 0.238 e. The van der Waals surface area contributed by atoms with Crippen molar-refractivity contribution in [3.8, 4) is 17.8 Å². The normalized spacial score (nSPS) is 10.8. The van der Waals surface area contributed by atoms with Gasteiger partial charge in [0.05, 0.1) is 17.6 Å². The summed E-state index contributed by atoms with van der Waals surface area (Å²) in [4.78, 5) is 12.6. The van der Waals surface area contributed by atoms with Gasteiger partial charge in [0.1, 0.15) is 5.75 Å². The van der Waals surface area contributed by atoms with Crippen molar-refractivity contribution in [2.24, 2.45) is 4.99 Å². The van der Waals surface area contributed by atoms with E-state index in [0.29, 0.717) is 22.5 Å². The molecule has 0 bridgehead atoms. The molecule has 0 aliphatic heterocycles. The van der Waals surface area contributed by atoms with E-state index in [1.807, 2.05) is 31.5 Å². The number of hydrogen-bond donors (Lipinski definition) is 1. The quantitative estimate of drug-likeness (QED) is 0.406. The molecule has 0 radical (unpaired) electrons. The Balaban J connectivity index is 2.20. The lowest BCUT2D eigenvalue weighted by Crippen LogP contribution is -2.12. The van der Waals surface area contributed by atoms with Crippen LogP contribution in [0.3, 0.4) is 0 Å². The Morgan fingerprint density at radius 3 is 3.00 bits per heavy atom. The van der Waals surface area contributed by atoms with E-state index in [2.05, 4.69) is 20.3 Å². The van der Waals surface area contributed by atoms with Crippen molar-refractivity contribution >= 4 is 22.6 Å². The van der Waals surface area contributed by atoms with Crippen molar-refractivity contribution < 1.29 is 4.74 Å². The second-order valence-corrected chi connectivity index (χ2v) is 4.75. The van der Waals surface area contributed by atoms with Crippen molar-refractivity contribution in [1.29, 1.82) is 5.26 Å². The summed E-state index contributed by atoms with van der Waals surface area (Å²) in [5, 5.41) is 11.7. The maximum Gasteiger partial charge on any atom is 0.238 e. The molecule has 0 aliphatic rings. The van der Waals surface area contributed by atoms with Crippen LogP contribution in [0.15, 0.2) is 41.7 Å². The average Bonchev–Trinajstić information content (AvgIpc) is 2.47. The van der Waals surface area contributed by atoms with Gasteiger partial charge in [-0.3, -0.25) is 10.3 Å². The van der Waals surface area contributed by atoms with Gasteiger partial charge in [-0.1, -0.05) is 17.8 Å². The van der Waals surface area contributed by atoms with Crippen LogP contribution in [0.4, 0.5) is 5.69 Å². The maximum atomic E-state index is 8.63. The topological polar surface area (TPSA) is 83.2 Å². The molecule has 0 aliphatic carbocycles. The van der Waals surface area contributed by atoms with E-state index in [1.165, 1.54) is 11.8 Å². The molecule has 0 fully saturated rings. The second-order valence-electron chi connectivity index (χ2n) is 3.96. The Hall–Kier alpha value is -2.59. The fourth-order valence-corrected chi connectivity index (χ4v) is 1.86. The van der Waals surface area contributed by atoms with Gasteiger partial charge in [0.2, 0.25) is 5.88 Å². The largest absolute Gasteiger partial charge is 0.437 e. The van der Waals surface area contributed by atoms with Crippen molar-refractivity contribution in [2.45, 2.75) is 6.92 Å². The van der Waals surface area contributed by atoms with Crippen LogP contribution in [0, 0.1) is 18.4 Å². The molecule has 0 atom stereocenters. The third-order valence-electron chi connectivity index (χ3n) is 2.36.